The minimum Gasteiger partial charge on any atom is -0.346 e. The maximum Gasteiger partial charge on any atom is 0.322 e. The van der Waals surface area contributed by atoms with Gasteiger partial charge in [-0.15, -0.1) is 0 Å². The first-order valence-electron chi connectivity index (χ1n) is 9.61. The summed E-state index contributed by atoms with van der Waals surface area (Å²) in [6.45, 7) is 1.66. The van der Waals surface area contributed by atoms with Gasteiger partial charge in [0.05, 0.1) is 16.3 Å². The summed E-state index contributed by atoms with van der Waals surface area (Å²) in [5.41, 5.74) is 3.12. The molecule has 0 saturated heterocycles. The molecule has 0 saturated carbocycles. The smallest absolute Gasteiger partial charge is 0.322 e. The lowest BCUT2D eigenvalue weighted by atomic mass is 10.1. The van der Waals surface area contributed by atoms with Crippen molar-refractivity contribution in [1.29, 1.82) is 0 Å². The number of nitrogens with one attached hydrogen (secondary N) is 1. The zero-order valence-electron chi connectivity index (χ0n) is 17.0. The van der Waals surface area contributed by atoms with Crippen LogP contribution in [0.1, 0.15) is 21.7 Å². The molecule has 0 aliphatic heterocycles. The molecule has 0 radical (unpaired) electrons. The van der Waals surface area contributed by atoms with Crippen molar-refractivity contribution in [2.45, 2.75) is 13.5 Å². The third-order valence-corrected chi connectivity index (χ3v) is 4.89. The summed E-state index contributed by atoms with van der Waals surface area (Å²) < 4.78 is 2.98. The molecule has 0 fully saturated rings. The normalized spacial score (nSPS) is 10.8. The second-order valence-electron chi connectivity index (χ2n) is 7.00. The van der Waals surface area contributed by atoms with E-state index < -0.39 is 10.8 Å². The number of aromatic nitrogens is 4. The summed E-state index contributed by atoms with van der Waals surface area (Å²) in [6, 6.07) is 19.3. The van der Waals surface area contributed by atoms with Crippen LogP contribution in [-0.2, 0) is 13.6 Å². The molecule has 9 heteroatoms. The summed E-state index contributed by atoms with van der Waals surface area (Å²) >= 11 is 0. The van der Waals surface area contributed by atoms with Gasteiger partial charge in [-0.25, -0.2) is 4.68 Å². The van der Waals surface area contributed by atoms with Gasteiger partial charge in [0.2, 0.25) is 5.69 Å². The number of benzene rings is 2. The number of carbonyl (C=O) groups excluding carboxylic acids is 1. The first-order valence-corrected chi connectivity index (χ1v) is 9.61. The van der Waals surface area contributed by atoms with E-state index >= 15 is 0 Å². The Balaban J connectivity index is 1.66. The van der Waals surface area contributed by atoms with E-state index in [1.54, 1.807) is 4.68 Å². The third kappa shape index (κ3) is 3.93. The topological polar surface area (TPSA) is 108 Å². The van der Waals surface area contributed by atoms with Gasteiger partial charge in [0.25, 0.3) is 5.91 Å². The van der Waals surface area contributed by atoms with Gasteiger partial charge in [-0.1, -0.05) is 48.5 Å². The van der Waals surface area contributed by atoms with Gasteiger partial charge in [-0.2, -0.15) is 10.2 Å². The Labute approximate surface area is 178 Å². The molecule has 1 amide bonds. The minimum atomic E-state index is -0.583. The molecule has 0 aliphatic rings. The van der Waals surface area contributed by atoms with Gasteiger partial charge >= 0.3 is 5.69 Å². The SMILES string of the molecule is Cc1nn(C)c(C(=O)NCc2cn(-c3ccccc3)nc2-c2ccccc2)c1[N+](=O)[O-]. The average molecular weight is 416 g/mol. The molecule has 0 atom stereocenters. The molecule has 156 valence electrons. The van der Waals surface area contributed by atoms with E-state index in [0.29, 0.717) is 0 Å². The predicted molar refractivity (Wildman–Crippen MR) is 115 cm³/mol. The number of para-hydroxylation sites is 1. The lowest BCUT2D eigenvalue weighted by Gasteiger charge is -2.06. The second-order valence-corrected chi connectivity index (χ2v) is 7.00. The van der Waals surface area contributed by atoms with E-state index in [0.717, 1.165) is 22.5 Å². The maximum atomic E-state index is 12.8. The monoisotopic (exact) mass is 416 g/mol. The van der Waals surface area contributed by atoms with Crippen molar-refractivity contribution in [2.75, 3.05) is 0 Å². The van der Waals surface area contributed by atoms with E-state index in [1.807, 2.05) is 66.9 Å². The molecule has 0 unspecified atom stereocenters. The van der Waals surface area contributed by atoms with Crippen LogP contribution in [0.25, 0.3) is 16.9 Å². The van der Waals surface area contributed by atoms with Crippen molar-refractivity contribution >= 4 is 11.6 Å². The number of nitro groups is 1. The highest BCUT2D eigenvalue weighted by Gasteiger charge is 2.29. The van der Waals surface area contributed by atoms with Crippen LogP contribution in [-0.4, -0.2) is 30.4 Å². The molecule has 2 aromatic carbocycles. The molecule has 2 heterocycles. The molecule has 9 nitrogen and oxygen atoms in total. The Kier molecular flexibility index (Phi) is 5.31. The second kappa shape index (κ2) is 8.23. The van der Waals surface area contributed by atoms with Crippen LogP contribution in [0.5, 0.6) is 0 Å². The highest BCUT2D eigenvalue weighted by Crippen LogP contribution is 2.25. The Morgan fingerprint density at radius 1 is 1.06 bits per heavy atom. The fraction of sp³-hybridized carbons (Fsp3) is 0.136. The highest BCUT2D eigenvalue weighted by atomic mass is 16.6. The summed E-state index contributed by atoms with van der Waals surface area (Å²) in [5, 5.41) is 22.9. The van der Waals surface area contributed by atoms with Gasteiger partial charge in [-0.05, 0) is 19.1 Å². The molecule has 31 heavy (non-hydrogen) atoms. The zero-order valence-corrected chi connectivity index (χ0v) is 17.0. The number of rotatable bonds is 6. The molecule has 1 N–H and O–H groups in total. The summed E-state index contributed by atoms with van der Waals surface area (Å²) in [7, 11) is 1.51. The van der Waals surface area contributed by atoms with Crippen molar-refractivity contribution in [3.63, 3.8) is 0 Å². The fourth-order valence-electron chi connectivity index (χ4n) is 3.47. The number of hydrogen-bond donors (Lipinski definition) is 1. The fourth-order valence-corrected chi connectivity index (χ4v) is 3.47. The summed E-state index contributed by atoms with van der Waals surface area (Å²) in [5.74, 6) is -0.568. The summed E-state index contributed by atoms with van der Waals surface area (Å²) in [6.07, 6.45) is 1.85. The Morgan fingerprint density at radius 3 is 2.35 bits per heavy atom. The quantitative estimate of drug-likeness (QED) is 0.383. The Hall–Kier alpha value is -4.27. The standard InChI is InChI=1S/C22H20N6O3/c1-15-20(28(30)31)21(26(2)24-15)22(29)23-13-17-14-27(18-11-7-4-8-12-18)25-19(17)16-9-5-3-6-10-16/h3-12,14H,13H2,1-2H3,(H,23,29). The maximum absolute atomic E-state index is 12.8. The van der Waals surface area contributed by atoms with Crippen LogP contribution in [0.3, 0.4) is 0 Å². The van der Waals surface area contributed by atoms with E-state index in [1.165, 1.54) is 18.7 Å². The first kappa shape index (κ1) is 20.0. The van der Waals surface area contributed by atoms with Gasteiger partial charge < -0.3 is 5.32 Å². The lowest BCUT2D eigenvalue weighted by Crippen LogP contribution is -2.26. The van der Waals surface area contributed by atoms with Crippen molar-refractivity contribution in [3.8, 4) is 16.9 Å². The Bertz CT molecular complexity index is 1250. The van der Waals surface area contributed by atoms with E-state index in [9.17, 15) is 14.9 Å². The number of hydrogen-bond acceptors (Lipinski definition) is 5. The summed E-state index contributed by atoms with van der Waals surface area (Å²) in [4.78, 5) is 23.6. The molecule has 4 rings (SSSR count). The van der Waals surface area contributed by atoms with E-state index in [-0.39, 0.29) is 23.6 Å². The highest BCUT2D eigenvalue weighted by molar-refractivity contribution is 5.96. The number of carbonyl (C=O) groups is 1. The van der Waals surface area contributed by atoms with Crippen molar-refractivity contribution < 1.29 is 9.72 Å². The molecule has 4 aromatic rings. The van der Waals surface area contributed by atoms with Gasteiger partial charge in [0.15, 0.2) is 0 Å². The number of nitrogens with zero attached hydrogens (tertiary/aromatic N) is 5. The lowest BCUT2D eigenvalue weighted by molar-refractivity contribution is -0.385. The van der Waals surface area contributed by atoms with Crippen LogP contribution in [0.4, 0.5) is 5.69 Å². The molecule has 2 aromatic heterocycles. The number of amides is 1. The predicted octanol–water partition coefficient (Wildman–Crippen LogP) is 3.42. The van der Waals surface area contributed by atoms with Crippen LogP contribution in [0.15, 0.2) is 66.9 Å². The van der Waals surface area contributed by atoms with Crippen LogP contribution in [0, 0.1) is 17.0 Å². The van der Waals surface area contributed by atoms with Crippen molar-refractivity contribution in [2.24, 2.45) is 7.05 Å². The Morgan fingerprint density at radius 2 is 1.71 bits per heavy atom. The average Bonchev–Trinajstić information content (AvgIpc) is 3.33. The molecule has 0 aliphatic carbocycles. The van der Waals surface area contributed by atoms with Crippen molar-refractivity contribution in [1.82, 2.24) is 24.9 Å². The van der Waals surface area contributed by atoms with Crippen molar-refractivity contribution in [3.05, 3.63) is 93.9 Å². The third-order valence-electron chi connectivity index (χ3n) is 4.89. The van der Waals surface area contributed by atoms with Crippen LogP contribution in [0.2, 0.25) is 0 Å². The first-order chi connectivity index (χ1) is 15.0. The van der Waals surface area contributed by atoms with Crippen LogP contribution >= 0.6 is 0 Å². The number of aryl methyl sites for hydroxylation is 2. The zero-order chi connectivity index (χ0) is 22.0. The largest absolute Gasteiger partial charge is 0.346 e. The van der Waals surface area contributed by atoms with Crippen LogP contribution < -0.4 is 5.32 Å². The van der Waals surface area contributed by atoms with Gasteiger partial charge in [0, 0.05) is 30.9 Å². The van der Waals surface area contributed by atoms with E-state index in [4.69, 9.17) is 5.10 Å². The molecule has 0 bridgehead atoms. The minimum absolute atomic E-state index is 0.0841. The van der Waals surface area contributed by atoms with Gasteiger partial charge in [0.1, 0.15) is 5.69 Å². The molecular formula is C22H20N6O3. The molecule has 0 spiro atoms. The van der Waals surface area contributed by atoms with Gasteiger partial charge in [-0.3, -0.25) is 19.6 Å². The molecular weight excluding hydrogens is 396 g/mol. The van der Waals surface area contributed by atoms with E-state index in [2.05, 4.69) is 10.4 Å².